The Balaban J connectivity index is 2.23. The Morgan fingerprint density at radius 3 is 2.35 bits per heavy atom. The van der Waals surface area contributed by atoms with Crippen molar-refractivity contribution in [3.05, 3.63) is 65.0 Å². The van der Waals surface area contributed by atoms with Gasteiger partial charge in [0.2, 0.25) is 5.91 Å². The molecule has 0 bridgehead atoms. The van der Waals surface area contributed by atoms with Crippen LogP contribution < -0.4 is 10.1 Å². The lowest BCUT2D eigenvalue weighted by molar-refractivity contribution is -0.143. The van der Waals surface area contributed by atoms with Gasteiger partial charge in [-0.1, -0.05) is 38.1 Å². The first-order valence-corrected chi connectivity index (χ1v) is 10.8. The van der Waals surface area contributed by atoms with E-state index in [0.29, 0.717) is 12.2 Å². The summed E-state index contributed by atoms with van der Waals surface area (Å²) in [7, 11) is 0. The van der Waals surface area contributed by atoms with Crippen molar-refractivity contribution >= 4 is 11.8 Å². The van der Waals surface area contributed by atoms with Gasteiger partial charge in [0.05, 0.1) is 0 Å². The van der Waals surface area contributed by atoms with E-state index in [4.69, 9.17) is 4.74 Å². The summed E-state index contributed by atoms with van der Waals surface area (Å²) in [5, 5.41) is 2.97. The van der Waals surface area contributed by atoms with Crippen LogP contribution >= 0.6 is 0 Å². The average Bonchev–Trinajstić information content (AvgIpc) is 2.75. The fourth-order valence-electron chi connectivity index (χ4n) is 3.25. The van der Waals surface area contributed by atoms with Crippen LogP contribution in [0.25, 0.3) is 0 Å². The molecule has 168 valence electrons. The van der Waals surface area contributed by atoms with E-state index in [2.05, 4.69) is 5.32 Å². The lowest BCUT2D eigenvalue weighted by Gasteiger charge is -2.31. The molecular formula is C25H33FN2O3. The molecule has 0 radical (unpaired) electrons. The van der Waals surface area contributed by atoms with Crippen molar-refractivity contribution < 1.29 is 18.7 Å². The SMILES string of the molecule is CCC(C)NC(=O)C(CC)N(Cc1ccc(F)cc1)C(=O)COc1cccc(C)c1C. The van der Waals surface area contributed by atoms with Crippen LogP contribution in [-0.2, 0) is 16.1 Å². The average molecular weight is 429 g/mol. The van der Waals surface area contributed by atoms with E-state index in [1.165, 1.54) is 17.0 Å². The Hall–Kier alpha value is -2.89. The monoisotopic (exact) mass is 428 g/mol. The summed E-state index contributed by atoms with van der Waals surface area (Å²) in [6.07, 6.45) is 1.25. The summed E-state index contributed by atoms with van der Waals surface area (Å²) in [5.74, 6) is -0.191. The molecule has 0 aliphatic heterocycles. The first-order valence-electron chi connectivity index (χ1n) is 10.8. The first kappa shape index (κ1) is 24.4. The van der Waals surface area contributed by atoms with E-state index in [0.717, 1.165) is 23.1 Å². The minimum atomic E-state index is -0.645. The van der Waals surface area contributed by atoms with E-state index >= 15 is 0 Å². The number of hydrogen-bond donors (Lipinski definition) is 1. The molecule has 5 nitrogen and oxygen atoms in total. The maximum absolute atomic E-state index is 13.3. The number of nitrogens with zero attached hydrogens (tertiary/aromatic N) is 1. The largest absolute Gasteiger partial charge is 0.483 e. The number of carbonyl (C=O) groups excluding carboxylic acids is 2. The Bertz CT molecular complexity index is 883. The van der Waals surface area contributed by atoms with Crippen LogP contribution in [-0.4, -0.2) is 35.4 Å². The number of ether oxygens (including phenoxy) is 1. The van der Waals surface area contributed by atoms with Gasteiger partial charge in [0, 0.05) is 12.6 Å². The van der Waals surface area contributed by atoms with Crippen molar-refractivity contribution in [2.45, 2.75) is 66.1 Å². The highest BCUT2D eigenvalue weighted by Crippen LogP contribution is 2.21. The van der Waals surface area contributed by atoms with Gasteiger partial charge in [-0.25, -0.2) is 4.39 Å². The molecule has 1 N–H and O–H groups in total. The summed E-state index contributed by atoms with van der Waals surface area (Å²) >= 11 is 0. The quantitative estimate of drug-likeness (QED) is 0.604. The predicted octanol–water partition coefficient (Wildman–Crippen LogP) is 4.54. The summed E-state index contributed by atoms with van der Waals surface area (Å²) in [6.45, 7) is 9.74. The molecule has 0 saturated heterocycles. The minimum absolute atomic E-state index is 0.00974. The highest BCUT2D eigenvalue weighted by Gasteiger charge is 2.29. The fraction of sp³-hybridized carbons (Fsp3) is 0.440. The number of hydrogen-bond acceptors (Lipinski definition) is 3. The number of halogens is 1. The number of rotatable bonds is 10. The molecule has 2 rings (SSSR count). The summed E-state index contributed by atoms with van der Waals surface area (Å²) < 4.78 is 19.1. The number of nitrogens with one attached hydrogen (secondary N) is 1. The molecule has 2 aromatic carbocycles. The fourth-order valence-corrected chi connectivity index (χ4v) is 3.25. The second kappa shape index (κ2) is 11.5. The van der Waals surface area contributed by atoms with Crippen molar-refractivity contribution in [2.75, 3.05) is 6.61 Å². The standard InChI is InChI=1S/C25H33FN2O3/c1-6-18(4)27-25(30)22(7-2)28(15-20-11-13-21(26)14-12-20)24(29)16-31-23-10-8-9-17(3)19(23)5/h8-14,18,22H,6-7,15-16H2,1-5H3,(H,27,30). The van der Waals surface area contributed by atoms with Crippen molar-refractivity contribution in [2.24, 2.45) is 0 Å². The Morgan fingerprint density at radius 2 is 1.74 bits per heavy atom. The number of benzene rings is 2. The Morgan fingerprint density at radius 1 is 1.06 bits per heavy atom. The van der Waals surface area contributed by atoms with Gasteiger partial charge in [-0.2, -0.15) is 0 Å². The van der Waals surface area contributed by atoms with Gasteiger partial charge in [-0.05, 0) is 68.5 Å². The lowest BCUT2D eigenvalue weighted by Crippen LogP contribution is -2.51. The minimum Gasteiger partial charge on any atom is -0.483 e. The van der Waals surface area contributed by atoms with Gasteiger partial charge >= 0.3 is 0 Å². The topological polar surface area (TPSA) is 58.6 Å². The molecule has 0 aliphatic carbocycles. The molecule has 2 aromatic rings. The van der Waals surface area contributed by atoms with Gasteiger partial charge in [-0.15, -0.1) is 0 Å². The van der Waals surface area contributed by atoms with E-state index in [1.54, 1.807) is 12.1 Å². The van der Waals surface area contributed by atoms with Crippen LogP contribution in [0.2, 0.25) is 0 Å². The molecule has 0 aromatic heterocycles. The highest BCUT2D eigenvalue weighted by molar-refractivity contribution is 5.88. The summed E-state index contributed by atoms with van der Waals surface area (Å²) in [4.78, 5) is 27.6. The van der Waals surface area contributed by atoms with Crippen molar-refractivity contribution in [3.63, 3.8) is 0 Å². The summed E-state index contributed by atoms with van der Waals surface area (Å²) in [5.41, 5.74) is 2.80. The summed E-state index contributed by atoms with van der Waals surface area (Å²) in [6, 6.07) is 11.0. The van der Waals surface area contributed by atoms with Gasteiger partial charge in [-0.3, -0.25) is 9.59 Å². The first-order chi connectivity index (χ1) is 14.8. The molecule has 31 heavy (non-hydrogen) atoms. The van der Waals surface area contributed by atoms with Gasteiger partial charge < -0.3 is 15.0 Å². The maximum Gasteiger partial charge on any atom is 0.261 e. The van der Waals surface area contributed by atoms with E-state index in [9.17, 15) is 14.0 Å². The third kappa shape index (κ3) is 6.81. The normalized spacial score (nSPS) is 12.7. The molecule has 0 aliphatic rings. The van der Waals surface area contributed by atoms with Crippen LogP contribution in [0.15, 0.2) is 42.5 Å². The number of carbonyl (C=O) groups is 2. The molecule has 0 spiro atoms. The maximum atomic E-state index is 13.3. The van der Waals surface area contributed by atoms with Crippen LogP contribution in [0, 0.1) is 19.7 Å². The molecule has 0 heterocycles. The van der Waals surface area contributed by atoms with Crippen molar-refractivity contribution in [1.82, 2.24) is 10.2 Å². The number of amides is 2. The van der Waals surface area contributed by atoms with Crippen LogP contribution in [0.1, 0.15) is 50.3 Å². The number of aryl methyl sites for hydroxylation is 1. The molecule has 2 atom stereocenters. The molecule has 2 amide bonds. The third-order valence-electron chi connectivity index (χ3n) is 5.56. The van der Waals surface area contributed by atoms with Gasteiger partial charge in [0.15, 0.2) is 6.61 Å². The van der Waals surface area contributed by atoms with Crippen molar-refractivity contribution in [3.8, 4) is 5.75 Å². The molecular weight excluding hydrogens is 395 g/mol. The molecule has 0 saturated carbocycles. The molecule has 2 unspecified atom stereocenters. The molecule has 0 fully saturated rings. The smallest absolute Gasteiger partial charge is 0.261 e. The van der Waals surface area contributed by atoms with Crippen LogP contribution in [0.5, 0.6) is 5.75 Å². The lowest BCUT2D eigenvalue weighted by atomic mass is 10.1. The Labute approximate surface area is 184 Å². The van der Waals surface area contributed by atoms with Gasteiger partial charge in [0.25, 0.3) is 5.91 Å². The van der Waals surface area contributed by atoms with Crippen LogP contribution in [0.4, 0.5) is 4.39 Å². The zero-order chi connectivity index (χ0) is 23.0. The third-order valence-corrected chi connectivity index (χ3v) is 5.56. The zero-order valence-electron chi connectivity index (χ0n) is 19.1. The van der Waals surface area contributed by atoms with E-state index in [1.807, 2.05) is 52.8 Å². The highest BCUT2D eigenvalue weighted by atomic mass is 19.1. The predicted molar refractivity (Wildman–Crippen MR) is 120 cm³/mol. The molecule has 6 heteroatoms. The van der Waals surface area contributed by atoms with Crippen molar-refractivity contribution in [1.29, 1.82) is 0 Å². The van der Waals surface area contributed by atoms with E-state index < -0.39 is 6.04 Å². The van der Waals surface area contributed by atoms with Crippen LogP contribution in [0.3, 0.4) is 0 Å². The Kier molecular flexibility index (Phi) is 9.03. The van der Waals surface area contributed by atoms with Gasteiger partial charge in [0.1, 0.15) is 17.6 Å². The van der Waals surface area contributed by atoms with E-state index in [-0.39, 0.29) is 36.8 Å². The second-order valence-electron chi connectivity index (χ2n) is 7.88. The second-order valence-corrected chi connectivity index (χ2v) is 7.88. The zero-order valence-corrected chi connectivity index (χ0v) is 19.1.